The van der Waals surface area contributed by atoms with Crippen LogP contribution in [0.2, 0.25) is 0 Å². The minimum Gasteiger partial charge on any atom is -0.337 e. The van der Waals surface area contributed by atoms with Crippen LogP contribution < -0.4 is 0 Å². The Morgan fingerprint density at radius 2 is 1.94 bits per heavy atom. The molecule has 0 spiro atoms. The molecule has 8 heteroatoms. The standard InChI is InChI=1S/C23H29N3O4S/c1-15-6-8-16(9-7-15)20-24-21(30-25-20)18-5-4-12-26(18)31(28,29)14-23-11-10-17(13-19(23)27)22(23,2)3/h6-9,17-18H,4-5,10-14H2,1-3H3. The topological polar surface area (TPSA) is 93.4 Å². The van der Waals surface area contributed by atoms with E-state index in [1.54, 1.807) is 0 Å². The normalized spacial score (nSPS) is 30.4. The van der Waals surface area contributed by atoms with E-state index in [1.807, 2.05) is 31.2 Å². The number of nitrogens with zero attached hydrogens (tertiary/aromatic N) is 3. The largest absolute Gasteiger partial charge is 0.337 e. The Bertz CT molecular complexity index is 1120. The third kappa shape index (κ3) is 3.09. The van der Waals surface area contributed by atoms with Gasteiger partial charge in [0, 0.05) is 23.9 Å². The van der Waals surface area contributed by atoms with Crippen molar-refractivity contribution in [2.45, 2.75) is 58.9 Å². The lowest BCUT2D eigenvalue weighted by atomic mass is 9.70. The molecule has 2 aromatic rings. The minimum absolute atomic E-state index is 0.113. The first-order valence-electron chi connectivity index (χ1n) is 11.1. The third-order valence-electron chi connectivity index (χ3n) is 8.17. The van der Waals surface area contributed by atoms with Crippen molar-refractivity contribution in [1.29, 1.82) is 0 Å². The molecule has 1 aliphatic heterocycles. The molecule has 7 nitrogen and oxygen atoms in total. The summed E-state index contributed by atoms with van der Waals surface area (Å²) in [6, 6.07) is 7.34. The summed E-state index contributed by atoms with van der Waals surface area (Å²) < 4.78 is 34.2. The average molecular weight is 444 g/mol. The van der Waals surface area contributed by atoms with Crippen molar-refractivity contribution in [3.63, 3.8) is 0 Å². The zero-order valence-electron chi connectivity index (χ0n) is 18.3. The van der Waals surface area contributed by atoms with Crippen LogP contribution in [0.15, 0.2) is 28.8 Å². The molecule has 1 saturated heterocycles. The van der Waals surface area contributed by atoms with Crippen LogP contribution in [0.1, 0.15) is 63.4 Å². The molecule has 5 rings (SSSR count). The van der Waals surface area contributed by atoms with Gasteiger partial charge in [0.15, 0.2) is 0 Å². The van der Waals surface area contributed by atoms with Crippen molar-refractivity contribution in [2.24, 2.45) is 16.7 Å². The quantitative estimate of drug-likeness (QED) is 0.696. The van der Waals surface area contributed by atoms with E-state index in [9.17, 15) is 13.2 Å². The van der Waals surface area contributed by atoms with Crippen LogP contribution in [0.4, 0.5) is 0 Å². The summed E-state index contributed by atoms with van der Waals surface area (Å²) in [4.78, 5) is 17.4. The lowest BCUT2D eigenvalue weighted by Crippen LogP contribution is -2.46. The van der Waals surface area contributed by atoms with Crippen LogP contribution in [0.5, 0.6) is 0 Å². The molecule has 2 saturated carbocycles. The molecule has 3 atom stereocenters. The lowest BCUT2D eigenvalue weighted by molar-refractivity contribution is -0.128. The van der Waals surface area contributed by atoms with Gasteiger partial charge in [-0.25, -0.2) is 8.42 Å². The molecule has 2 bridgehead atoms. The zero-order chi connectivity index (χ0) is 22.0. The molecule has 31 heavy (non-hydrogen) atoms. The number of sulfonamides is 1. The average Bonchev–Trinajstić information content (AvgIpc) is 3.45. The summed E-state index contributed by atoms with van der Waals surface area (Å²) in [5, 5.41) is 4.09. The molecule has 0 N–H and O–H groups in total. The molecule has 3 unspecified atom stereocenters. The molecule has 0 radical (unpaired) electrons. The highest BCUT2D eigenvalue weighted by Gasteiger charge is 2.66. The Kier molecular flexibility index (Phi) is 4.68. The number of Topliss-reactive ketones (excluding diaryl/α,β-unsaturated/α-hetero) is 1. The van der Waals surface area contributed by atoms with Gasteiger partial charge >= 0.3 is 0 Å². The Morgan fingerprint density at radius 1 is 1.19 bits per heavy atom. The van der Waals surface area contributed by atoms with E-state index < -0.39 is 21.5 Å². The van der Waals surface area contributed by atoms with E-state index in [-0.39, 0.29) is 22.9 Å². The molecule has 2 heterocycles. The number of benzene rings is 1. The molecular weight excluding hydrogens is 414 g/mol. The van der Waals surface area contributed by atoms with Crippen molar-refractivity contribution in [3.05, 3.63) is 35.7 Å². The maximum Gasteiger partial charge on any atom is 0.245 e. The molecular formula is C23H29N3O4S. The van der Waals surface area contributed by atoms with Crippen LogP contribution in [0.25, 0.3) is 11.4 Å². The summed E-state index contributed by atoms with van der Waals surface area (Å²) >= 11 is 0. The fourth-order valence-corrected chi connectivity index (χ4v) is 8.47. The van der Waals surface area contributed by atoms with Gasteiger partial charge in [-0.2, -0.15) is 9.29 Å². The number of aryl methyl sites for hydroxylation is 1. The van der Waals surface area contributed by atoms with E-state index in [0.717, 1.165) is 24.0 Å². The Hall–Kier alpha value is -2.06. The smallest absolute Gasteiger partial charge is 0.245 e. The van der Waals surface area contributed by atoms with E-state index >= 15 is 0 Å². The van der Waals surface area contributed by atoms with Gasteiger partial charge in [0.1, 0.15) is 11.8 Å². The van der Waals surface area contributed by atoms with Crippen LogP contribution in [-0.4, -0.2) is 40.9 Å². The summed E-state index contributed by atoms with van der Waals surface area (Å²) in [6.45, 7) is 6.56. The summed E-state index contributed by atoms with van der Waals surface area (Å²) in [5.74, 6) is 1.08. The number of rotatable bonds is 5. The first-order valence-corrected chi connectivity index (χ1v) is 12.7. The number of fused-ring (bicyclic) bond motifs is 2. The number of hydrogen-bond donors (Lipinski definition) is 0. The highest BCUT2D eigenvalue weighted by atomic mass is 32.2. The monoisotopic (exact) mass is 443 g/mol. The summed E-state index contributed by atoms with van der Waals surface area (Å²) in [6.07, 6.45) is 3.48. The lowest BCUT2D eigenvalue weighted by Gasteiger charge is -2.37. The molecule has 3 fully saturated rings. The van der Waals surface area contributed by atoms with Crippen molar-refractivity contribution >= 4 is 15.8 Å². The van der Waals surface area contributed by atoms with Gasteiger partial charge in [-0.1, -0.05) is 48.8 Å². The summed E-state index contributed by atoms with van der Waals surface area (Å²) in [7, 11) is -3.66. The van der Waals surface area contributed by atoms with Crippen LogP contribution in [-0.2, 0) is 14.8 Å². The van der Waals surface area contributed by atoms with E-state index in [1.165, 1.54) is 4.31 Å². The number of hydrogen-bond acceptors (Lipinski definition) is 6. The van der Waals surface area contributed by atoms with E-state index in [2.05, 4.69) is 24.0 Å². The predicted molar refractivity (Wildman–Crippen MR) is 116 cm³/mol. The first kappa shape index (κ1) is 20.8. The molecule has 2 aliphatic carbocycles. The number of aromatic nitrogens is 2. The van der Waals surface area contributed by atoms with Crippen LogP contribution in [0, 0.1) is 23.7 Å². The van der Waals surface area contributed by atoms with Gasteiger partial charge in [-0.05, 0) is 43.9 Å². The van der Waals surface area contributed by atoms with Gasteiger partial charge < -0.3 is 4.52 Å². The molecule has 0 amide bonds. The number of ketones is 1. The second kappa shape index (κ2) is 6.97. The van der Waals surface area contributed by atoms with Gasteiger partial charge in [0.25, 0.3) is 0 Å². The van der Waals surface area contributed by atoms with Gasteiger partial charge in [0.05, 0.1) is 5.75 Å². The SMILES string of the molecule is Cc1ccc(-c2noc(C3CCCN3S(=O)(=O)CC34CCC(CC3=O)C4(C)C)n2)cc1. The highest BCUT2D eigenvalue weighted by molar-refractivity contribution is 7.89. The van der Waals surface area contributed by atoms with E-state index in [0.29, 0.717) is 37.5 Å². The first-order chi connectivity index (χ1) is 14.6. The third-order valence-corrected chi connectivity index (χ3v) is 10.2. The zero-order valence-corrected chi connectivity index (χ0v) is 19.1. The highest BCUT2D eigenvalue weighted by Crippen LogP contribution is 2.64. The second-order valence-corrected chi connectivity index (χ2v) is 11.9. The van der Waals surface area contributed by atoms with Crippen LogP contribution >= 0.6 is 0 Å². The molecule has 1 aromatic carbocycles. The van der Waals surface area contributed by atoms with Crippen molar-refractivity contribution < 1.29 is 17.7 Å². The van der Waals surface area contributed by atoms with Crippen molar-refractivity contribution in [3.8, 4) is 11.4 Å². The van der Waals surface area contributed by atoms with Gasteiger partial charge in [0.2, 0.25) is 21.7 Å². The maximum atomic E-state index is 13.6. The maximum absolute atomic E-state index is 13.6. The Balaban J connectivity index is 1.42. The van der Waals surface area contributed by atoms with Gasteiger partial charge in [-0.3, -0.25) is 4.79 Å². The van der Waals surface area contributed by atoms with E-state index in [4.69, 9.17) is 4.52 Å². The fraction of sp³-hybridized carbons (Fsp3) is 0.609. The second-order valence-electron chi connectivity index (χ2n) is 10.0. The van der Waals surface area contributed by atoms with Crippen molar-refractivity contribution in [2.75, 3.05) is 12.3 Å². The van der Waals surface area contributed by atoms with Gasteiger partial charge in [-0.15, -0.1) is 0 Å². The Labute approximate surface area is 183 Å². The molecule has 166 valence electrons. The predicted octanol–water partition coefficient (Wildman–Crippen LogP) is 3.91. The number of carbonyl (C=O) groups excluding carboxylic acids is 1. The number of carbonyl (C=O) groups is 1. The summed E-state index contributed by atoms with van der Waals surface area (Å²) in [5.41, 5.74) is 0.918. The molecule has 3 aliphatic rings. The van der Waals surface area contributed by atoms with Crippen molar-refractivity contribution in [1.82, 2.24) is 14.4 Å². The molecule has 1 aromatic heterocycles. The fourth-order valence-electron chi connectivity index (χ4n) is 6.01. The Morgan fingerprint density at radius 3 is 2.58 bits per heavy atom. The van der Waals surface area contributed by atoms with Crippen LogP contribution in [0.3, 0.4) is 0 Å². The minimum atomic E-state index is -3.66.